The lowest BCUT2D eigenvalue weighted by molar-refractivity contribution is 0.172. The first-order chi connectivity index (χ1) is 5.91. The summed E-state index contributed by atoms with van der Waals surface area (Å²) in [6.07, 6.45) is 0.914. The van der Waals surface area contributed by atoms with Gasteiger partial charge in [0.1, 0.15) is 0 Å². The number of hydrogen-bond acceptors (Lipinski definition) is 4. The highest BCUT2D eigenvalue weighted by Crippen LogP contribution is 2.16. The van der Waals surface area contributed by atoms with Crippen LogP contribution >= 0.6 is 0 Å². The van der Waals surface area contributed by atoms with Crippen molar-refractivity contribution in [2.75, 3.05) is 25.5 Å². The number of rotatable bonds is 4. The van der Waals surface area contributed by atoms with Gasteiger partial charge in [-0.05, 0) is 13.3 Å². The molecule has 0 aliphatic carbocycles. The molecule has 13 heavy (non-hydrogen) atoms. The van der Waals surface area contributed by atoms with Crippen LogP contribution in [0.4, 0.5) is 0 Å². The Balaban J connectivity index is 2.26. The third-order valence-electron chi connectivity index (χ3n) is 2.16. The van der Waals surface area contributed by atoms with Crippen LogP contribution in [-0.2, 0) is 14.8 Å². The van der Waals surface area contributed by atoms with Crippen molar-refractivity contribution in [2.45, 2.75) is 18.9 Å². The lowest BCUT2D eigenvalue weighted by atomic mass is 10.0. The summed E-state index contributed by atoms with van der Waals surface area (Å²) < 4.78 is 26.4. The molecule has 0 bridgehead atoms. The van der Waals surface area contributed by atoms with Gasteiger partial charge >= 0.3 is 0 Å². The van der Waals surface area contributed by atoms with E-state index in [9.17, 15) is 8.42 Å². The second-order valence-corrected chi connectivity index (χ2v) is 5.39. The van der Waals surface area contributed by atoms with Crippen LogP contribution < -0.4 is 10.5 Å². The fourth-order valence-corrected chi connectivity index (χ4v) is 1.69. The SMILES string of the molecule is CC1(NCCS(N)(=O)=O)CCOC1. The molecule has 0 aromatic heterocycles. The molecule has 1 heterocycles. The van der Waals surface area contributed by atoms with Crippen molar-refractivity contribution < 1.29 is 13.2 Å². The Morgan fingerprint density at radius 3 is 2.77 bits per heavy atom. The summed E-state index contributed by atoms with van der Waals surface area (Å²) in [5.41, 5.74) is -0.0787. The molecular weight excluding hydrogens is 192 g/mol. The second-order valence-electron chi connectivity index (χ2n) is 3.66. The fraction of sp³-hybridized carbons (Fsp3) is 1.00. The van der Waals surface area contributed by atoms with E-state index in [-0.39, 0.29) is 11.3 Å². The minimum absolute atomic E-state index is 0.0252. The molecule has 0 spiro atoms. The van der Waals surface area contributed by atoms with Gasteiger partial charge in [-0.2, -0.15) is 0 Å². The molecule has 78 valence electrons. The number of ether oxygens (including phenoxy) is 1. The Labute approximate surface area is 78.7 Å². The molecule has 3 N–H and O–H groups in total. The summed E-state index contributed by atoms with van der Waals surface area (Å²) in [4.78, 5) is 0. The third-order valence-corrected chi connectivity index (χ3v) is 2.93. The number of hydrogen-bond donors (Lipinski definition) is 2. The monoisotopic (exact) mass is 208 g/mol. The summed E-state index contributed by atoms with van der Waals surface area (Å²) >= 11 is 0. The molecule has 1 atom stereocenters. The van der Waals surface area contributed by atoms with Crippen LogP contribution in [0.15, 0.2) is 0 Å². The maximum atomic E-state index is 10.6. The Morgan fingerprint density at radius 1 is 1.62 bits per heavy atom. The van der Waals surface area contributed by atoms with Gasteiger partial charge in [0.15, 0.2) is 0 Å². The van der Waals surface area contributed by atoms with E-state index in [1.807, 2.05) is 6.92 Å². The number of nitrogens with two attached hydrogens (primary N) is 1. The highest BCUT2D eigenvalue weighted by molar-refractivity contribution is 7.89. The van der Waals surface area contributed by atoms with Crippen LogP contribution in [0.25, 0.3) is 0 Å². The van der Waals surface area contributed by atoms with Gasteiger partial charge < -0.3 is 10.1 Å². The Morgan fingerprint density at radius 2 is 2.31 bits per heavy atom. The summed E-state index contributed by atoms with van der Waals surface area (Å²) in [6.45, 7) is 3.78. The Hall–Kier alpha value is -0.170. The van der Waals surface area contributed by atoms with Crippen molar-refractivity contribution in [1.29, 1.82) is 0 Å². The topological polar surface area (TPSA) is 81.4 Å². The van der Waals surface area contributed by atoms with Crippen molar-refractivity contribution in [3.8, 4) is 0 Å². The zero-order chi connectivity index (χ0) is 9.95. The molecule has 1 rings (SSSR count). The van der Waals surface area contributed by atoms with E-state index in [0.717, 1.165) is 13.0 Å². The average molecular weight is 208 g/mol. The molecule has 6 heteroatoms. The molecular formula is C7H16N2O3S. The lowest BCUT2D eigenvalue weighted by Gasteiger charge is -2.23. The molecule has 1 unspecified atom stereocenters. The van der Waals surface area contributed by atoms with E-state index in [2.05, 4.69) is 5.32 Å². The lowest BCUT2D eigenvalue weighted by Crippen LogP contribution is -2.45. The largest absolute Gasteiger partial charge is 0.379 e. The summed E-state index contributed by atoms with van der Waals surface area (Å²) in [7, 11) is -3.35. The molecule has 0 aromatic carbocycles. The van der Waals surface area contributed by atoms with Gasteiger partial charge in [-0.3, -0.25) is 0 Å². The predicted molar refractivity (Wildman–Crippen MR) is 49.8 cm³/mol. The quantitative estimate of drug-likeness (QED) is 0.623. The first-order valence-electron chi connectivity index (χ1n) is 4.25. The van der Waals surface area contributed by atoms with Gasteiger partial charge in [-0.15, -0.1) is 0 Å². The Bertz CT molecular complexity index is 257. The van der Waals surface area contributed by atoms with E-state index in [4.69, 9.17) is 9.88 Å². The van der Waals surface area contributed by atoms with E-state index in [0.29, 0.717) is 13.2 Å². The first-order valence-corrected chi connectivity index (χ1v) is 5.96. The van der Waals surface area contributed by atoms with Gasteiger partial charge in [0.25, 0.3) is 0 Å². The average Bonchev–Trinajstić information content (AvgIpc) is 2.33. The first kappa shape index (κ1) is 10.9. The van der Waals surface area contributed by atoms with Gasteiger partial charge in [0, 0.05) is 18.7 Å². The highest BCUT2D eigenvalue weighted by Gasteiger charge is 2.28. The fourth-order valence-electron chi connectivity index (χ4n) is 1.30. The van der Waals surface area contributed by atoms with E-state index < -0.39 is 10.0 Å². The van der Waals surface area contributed by atoms with Crippen LogP contribution in [-0.4, -0.2) is 39.5 Å². The normalized spacial score (nSPS) is 29.4. The summed E-state index contributed by atoms with van der Waals surface area (Å²) in [6, 6.07) is 0. The van der Waals surface area contributed by atoms with E-state index in [1.165, 1.54) is 0 Å². The van der Waals surface area contributed by atoms with Crippen molar-refractivity contribution >= 4 is 10.0 Å². The van der Waals surface area contributed by atoms with Crippen molar-refractivity contribution in [3.63, 3.8) is 0 Å². The van der Waals surface area contributed by atoms with Gasteiger partial charge in [0.2, 0.25) is 10.0 Å². The van der Waals surface area contributed by atoms with Crippen LogP contribution in [0.1, 0.15) is 13.3 Å². The van der Waals surface area contributed by atoms with Crippen LogP contribution in [0.2, 0.25) is 0 Å². The van der Waals surface area contributed by atoms with E-state index in [1.54, 1.807) is 0 Å². The van der Waals surface area contributed by atoms with Crippen LogP contribution in [0, 0.1) is 0 Å². The molecule has 1 aliphatic heterocycles. The zero-order valence-electron chi connectivity index (χ0n) is 7.75. The highest BCUT2D eigenvalue weighted by atomic mass is 32.2. The van der Waals surface area contributed by atoms with Crippen molar-refractivity contribution in [3.05, 3.63) is 0 Å². The standard InChI is InChI=1S/C7H16N2O3S/c1-7(2-4-12-6-7)9-3-5-13(8,10)11/h9H,2-6H2,1H3,(H2,8,10,11). The van der Waals surface area contributed by atoms with Gasteiger partial charge in [-0.1, -0.05) is 0 Å². The summed E-state index contributed by atoms with van der Waals surface area (Å²) in [5, 5.41) is 7.99. The minimum Gasteiger partial charge on any atom is -0.379 e. The maximum absolute atomic E-state index is 10.6. The van der Waals surface area contributed by atoms with Crippen molar-refractivity contribution in [1.82, 2.24) is 5.32 Å². The smallest absolute Gasteiger partial charge is 0.210 e. The number of sulfonamides is 1. The third kappa shape index (κ3) is 4.04. The van der Waals surface area contributed by atoms with Crippen molar-refractivity contribution in [2.24, 2.45) is 5.14 Å². The predicted octanol–water partition coefficient (Wildman–Crippen LogP) is -0.956. The van der Waals surface area contributed by atoms with Gasteiger partial charge in [0.05, 0.1) is 12.4 Å². The molecule has 0 saturated carbocycles. The number of primary sulfonamides is 1. The molecule has 0 aromatic rings. The Kier molecular flexibility index (Phi) is 3.28. The maximum Gasteiger partial charge on any atom is 0.210 e. The molecule has 1 fully saturated rings. The van der Waals surface area contributed by atoms with Crippen LogP contribution in [0.5, 0.6) is 0 Å². The minimum atomic E-state index is -3.35. The second kappa shape index (κ2) is 3.91. The number of nitrogens with one attached hydrogen (secondary N) is 1. The molecule has 1 saturated heterocycles. The van der Waals surface area contributed by atoms with Gasteiger partial charge in [-0.25, -0.2) is 13.6 Å². The zero-order valence-corrected chi connectivity index (χ0v) is 8.56. The van der Waals surface area contributed by atoms with Crippen LogP contribution in [0.3, 0.4) is 0 Å². The summed E-state index contributed by atoms with van der Waals surface area (Å²) in [5.74, 6) is -0.0252. The molecule has 1 aliphatic rings. The molecule has 0 radical (unpaired) electrons. The van der Waals surface area contributed by atoms with E-state index >= 15 is 0 Å². The molecule has 5 nitrogen and oxygen atoms in total. The molecule has 0 amide bonds.